The number of amides is 1. The lowest BCUT2D eigenvalue weighted by molar-refractivity contribution is 0.0950. The fraction of sp³-hybridized carbons (Fsp3) is 0.133. The lowest BCUT2D eigenvalue weighted by Gasteiger charge is -2.11. The number of ether oxygens (including phenoxy) is 1. The second kappa shape index (κ2) is 6.91. The SMILES string of the molecule is COc1cccc(Cl)c1CNC(=O)c1ccc(Br)c(F)c1. The van der Waals surface area contributed by atoms with E-state index in [1.54, 1.807) is 18.2 Å². The van der Waals surface area contributed by atoms with Gasteiger partial charge in [0.05, 0.1) is 11.6 Å². The van der Waals surface area contributed by atoms with Gasteiger partial charge in [0.2, 0.25) is 0 Å². The standard InChI is InChI=1S/C15H12BrClFNO2/c1-21-14-4-2-3-12(17)10(14)8-19-15(20)9-5-6-11(16)13(18)7-9/h2-7H,8H2,1H3,(H,19,20). The zero-order valence-electron chi connectivity index (χ0n) is 11.1. The van der Waals surface area contributed by atoms with Gasteiger partial charge in [-0.15, -0.1) is 0 Å². The van der Waals surface area contributed by atoms with Gasteiger partial charge in [0, 0.05) is 22.7 Å². The third-order valence-electron chi connectivity index (χ3n) is 2.90. The number of rotatable bonds is 4. The van der Waals surface area contributed by atoms with Crippen LogP contribution in [0.3, 0.4) is 0 Å². The highest BCUT2D eigenvalue weighted by molar-refractivity contribution is 9.10. The number of nitrogens with one attached hydrogen (secondary N) is 1. The van der Waals surface area contributed by atoms with Crippen molar-refractivity contribution in [3.63, 3.8) is 0 Å². The molecule has 2 rings (SSSR count). The van der Waals surface area contributed by atoms with Crippen LogP contribution in [0.4, 0.5) is 4.39 Å². The van der Waals surface area contributed by atoms with E-state index in [9.17, 15) is 9.18 Å². The number of carbonyl (C=O) groups is 1. The smallest absolute Gasteiger partial charge is 0.251 e. The minimum atomic E-state index is -0.488. The summed E-state index contributed by atoms with van der Waals surface area (Å²) in [5.41, 5.74) is 0.911. The lowest BCUT2D eigenvalue weighted by Crippen LogP contribution is -2.23. The van der Waals surface area contributed by atoms with Crippen LogP contribution in [0, 0.1) is 5.82 Å². The maximum atomic E-state index is 13.4. The van der Waals surface area contributed by atoms with Gasteiger partial charge in [-0.3, -0.25) is 4.79 Å². The largest absolute Gasteiger partial charge is 0.496 e. The fourth-order valence-electron chi connectivity index (χ4n) is 1.81. The second-order valence-electron chi connectivity index (χ2n) is 4.23. The molecule has 0 aliphatic rings. The Bertz CT molecular complexity index is 679. The van der Waals surface area contributed by atoms with Gasteiger partial charge in [0.15, 0.2) is 0 Å². The molecule has 0 unspecified atom stereocenters. The predicted octanol–water partition coefficient (Wildman–Crippen LogP) is 4.18. The van der Waals surface area contributed by atoms with Gasteiger partial charge < -0.3 is 10.1 Å². The molecule has 0 atom stereocenters. The molecule has 0 bridgehead atoms. The summed E-state index contributed by atoms with van der Waals surface area (Å²) in [7, 11) is 1.53. The van der Waals surface area contributed by atoms with Crippen LogP contribution in [0.25, 0.3) is 0 Å². The van der Waals surface area contributed by atoms with Crippen molar-refractivity contribution in [1.29, 1.82) is 0 Å². The van der Waals surface area contributed by atoms with Crippen molar-refractivity contribution < 1.29 is 13.9 Å². The van der Waals surface area contributed by atoms with Gasteiger partial charge in [-0.25, -0.2) is 4.39 Å². The first-order chi connectivity index (χ1) is 10.0. The minimum Gasteiger partial charge on any atom is -0.496 e. The minimum absolute atomic E-state index is 0.194. The number of hydrogen-bond donors (Lipinski definition) is 1. The van der Waals surface area contributed by atoms with Crippen molar-refractivity contribution in [3.8, 4) is 5.75 Å². The summed E-state index contributed by atoms with van der Waals surface area (Å²) in [6.07, 6.45) is 0. The molecule has 0 heterocycles. The molecule has 0 saturated heterocycles. The quantitative estimate of drug-likeness (QED) is 0.874. The van der Waals surface area contributed by atoms with E-state index in [0.717, 1.165) is 0 Å². The molecule has 0 saturated carbocycles. The van der Waals surface area contributed by atoms with Crippen molar-refractivity contribution in [2.45, 2.75) is 6.54 Å². The predicted molar refractivity (Wildman–Crippen MR) is 83.3 cm³/mol. The maximum Gasteiger partial charge on any atom is 0.251 e. The summed E-state index contributed by atoms with van der Waals surface area (Å²) in [5, 5.41) is 3.19. The zero-order chi connectivity index (χ0) is 15.4. The highest BCUT2D eigenvalue weighted by Crippen LogP contribution is 2.26. The molecule has 1 N–H and O–H groups in total. The molecule has 110 valence electrons. The van der Waals surface area contributed by atoms with E-state index in [0.29, 0.717) is 20.8 Å². The van der Waals surface area contributed by atoms with Crippen LogP contribution >= 0.6 is 27.5 Å². The Labute approximate surface area is 135 Å². The van der Waals surface area contributed by atoms with Crippen molar-refractivity contribution in [3.05, 3.63) is 62.8 Å². The molecule has 21 heavy (non-hydrogen) atoms. The van der Waals surface area contributed by atoms with E-state index in [-0.39, 0.29) is 18.0 Å². The summed E-state index contributed by atoms with van der Waals surface area (Å²) in [6, 6.07) is 9.42. The number of carbonyl (C=O) groups excluding carboxylic acids is 1. The van der Waals surface area contributed by atoms with Crippen LogP contribution in [0.15, 0.2) is 40.9 Å². The second-order valence-corrected chi connectivity index (χ2v) is 5.49. The summed E-state index contributed by atoms with van der Waals surface area (Å²) < 4.78 is 18.9. The molecule has 2 aromatic rings. The molecule has 0 aromatic heterocycles. The van der Waals surface area contributed by atoms with E-state index in [1.165, 1.54) is 25.3 Å². The summed E-state index contributed by atoms with van der Waals surface area (Å²) in [6.45, 7) is 0.194. The van der Waals surface area contributed by atoms with E-state index < -0.39 is 5.82 Å². The third-order valence-corrected chi connectivity index (χ3v) is 3.90. The number of halogens is 3. The molecule has 6 heteroatoms. The number of methoxy groups -OCH3 is 1. The first kappa shape index (κ1) is 15.8. The first-order valence-corrected chi connectivity index (χ1v) is 7.24. The Morgan fingerprint density at radius 3 is 2.81 bits per heavy atom. The van der Waals surface area contributed by atoms with Crippen LogP contribution in [0.1, 0.15) is 15.9 Å². The topological polar surface area (TPSA) is 38.3 Å². The number of benzene rings is 2. The van der Waals surface area contributed by atoms with Crippen molar-refractivity contribution in [2.75, 3.05) is 7.11 Å². The first-order valence-electron chi connectivity index (χ1n) is 6.07. The summed E-state index contributed by atoms with van der Waals surface area (Å²) in [5.74, 6) is -0.286. The molecule has 0 fully saturated rings. The van der Waals surface area contributed by atoms with Crippen LogP contribution in [0.5, 0.6) is 5.75 Å². The molecule has 0 aliphatic carbocycles. The average molecular weight is 373 g/mol. The lowest BCUT2D eigenvalue weighted by atomic mass is 10.1. The Balaban J connectivity index is 2.13. The molecular formula is C15H12BrClFNO2. The Hall–Kier alpha value is -1.59. The molecule has 0 spiro atoms. The van der Waals surface area contributed by atoms with E-state index >= 15 is 0 Å². The number of hydrogen-bond acceptors (Lipinski definition) is 2. The van der Waals surface area contributed by atoms with Crippen molar-refractivity contribution in [2.24, 2.45) is 0 Å². The Kier molecular flexibility index (Phi) is 5.20. The van der Waals surface area contributed by atoms with Gasteiger partial charge in [-0.2, -0.15) is 0 Å². The van der Waals surface area contributed by atoms with Gasteiger partial charge in [0.25, 0.3) is 5.91 Å². The third kappa shape index (κ3) is 3.74. The van der Waals surface area contributed by atoms with E-state index in [1.807, 2.05) is 0 Å². The fourth-order valence-corrected chi connectivity index (χ4v) is 2.29. The maximum absolute atomic E-state index is 13.4. The molecule has 1 amide bonds. The highest BCUT2D eigenvalue weighted by atomic mass is 79.9. The van der Waals surface area contributed by atoms with Gasteiger partial charge in [-0.1, -0.05) is 17.7 Å². The van der Waals surface area contributed by atoms with Crippen LogP contribution in [-0.4, -0.2) is 13.0 Å². The van der Waals surface area contributed by atoms with E-state index in [4.69, 9.17) is 16.3 Å². The average Bonchev–Trinajstić information content (AvgIpc) is 2.48. The van der Waals surface area contributed by atoms with Gasteiger partial charge in [0.1, 0.15) is 11.6 Å². The van der Waals surface area contributed by atoms with Gasteiger partial charge >= 0.3 is 0 Å². The van der Waals surface area contributed by atoms with Crippen LogP contribution < -0.4 is 10.1 Å². The van der Waals surface area contributed by atoms with Gasteiger partial charge in [-0.05, 0) is 46.3 Å². The normalized spacial score (nSPS) is 10.3. The highest BCUT2D eigenvalue weighted by Gasteiger charge is 2.12. The molecule has 0 aliphatic heterocycles. The molecule has 0 radical (unpaired) electrons. The van der Waals surface area contributed by atoms with Crippen molar-refractivity contribution >= 4 is 33.4 Å². The van der Waals surface area contributed by atoms with Crippen LogP contribution in [-0.2, 0) is 6.54 Å². The monoisotopic (exact) mass is 371 g/mol. The van der Waals surface area contributed by atoms with Crippen molar-refractivity contribution in [1.82, 2.24) is 5.32 Å². The molecule has 3 nitrogen and oxygen atoms in total. The van der Waals surface area contributed by atoms with E-state index in [2.05, 4.69) is 21.2 Å². The zero-order valence-corrected chi connectivity index (χ0v) is 13.5. The Morgan fingerprint density at radius 1 is 1.38 bits per heavy atom. The summed E-state index contributed by atoms with van der Waals surface area (Å²) in [4.78, 5) is 12.0. The van der Waals surface area contributed by atoms with Crippen LogP contribution in [0.2, 0.25) is 5.02 Å². The molecular weight excluding hydrogens is 361 g/mol. The summed E-state index contributed by atoms with van der Waals surface area (Å²) >= 11 is 9.13. The Morgan fingerprint density at radius 2 is 2.14 bits per heavy atom. The molecule has 2 aromatic carbocycles.